The fourth-order valence-electron chi connectivity index (χ4n) is 1.79. The molecule has 2 N–H and O–H groups in total. The van der Waals surface area contributed by atoms with Gasteiger partial charge in [0.05, 0.1) is 12.7 Å². The van der Waals surface area contributed by atoms with Gasteiger partial charge in [-0.2, -0.15) is 0 Å². The second kappa shape index (κ2) is 5.87. The minimum atomic E-state index is -0.459. The van der Waals surface area contributed by atoms with Gasteiger partial charge in [-0.1, -0.05) is 0 Å². The molecule has 1 atom stereocenters. The van der Waals surface area contributed by atoms with E-state index in [4.69, 9.17) is 4.74 Å². The van der Waals surface area contributed by atoms with Crippen LogP contribution in [0.5, 0.6) is 5.75 Å². The van der Waals surface area contributed by atoms with Crippen molar-refractivity contribution in [3.05, 3.63) is 28.8 Å². The molecule has 0 aliphatic heterocycles. The van der Waals surface area contributed by atoms with Crippen LogP contribution in [0.4, 0.5) is 0 Å². The van der Waals surface area contributed by atoms with E-state index in [2.05, 4.69) is 5.32 Å². The zero-order valence-corrected chi connectivity index (χ0v) is 10.5. The predicted octanol–water partition coefficient (Wildman–Crippen LogP) is 1.95. The third kappa shape index (κ3) is 2.97. The summed E-state index contributed by atoms with van der Waals surface area (Å²) in [7, 11) is 1.83. The Bertz CT molecular complexity index is 350. The van der Waals surface area contributed by atoms with Crippen molar-refractivity contribution in [2.75, 3.05) is 20.2 Å². The molecule has 0 fully saturated rings. The second-order valence-corrected chi connectivity index (χ2v) is 3.98. The van der Waals surface area contributed by atoms with E-state index in [1.807, 2.05) is 40.0 Å². The number of benzene rings is 1. The van der Waals surface area contributed by atoms with Crippen LogP contribution < -0.4 is 10.1 Å². The lowest BCUT2D eigenvalue weighted by Gasteiger charge is -2.16. The highest BCUT2D eigenvalue weighted by Gasteiger charge is 2.12. The number of rotatable bonds is 5. The molecule has 0 heterocycles. The van der Waals surface area contributed by atoms with Gasteiger partial charge < -0.3 is 15.2 Å². The smallest absolute Gasteiger partial charge is 0.122 e. The zero-order chi connectivity index (χ0) is 12.1. The summed E-state index contributed by atoms with van der Waals surface area (Å²) < 4.78 is 5.51. The molecule has 0 saturated carbocycles. The molecule has 1 unspecified atom stereocenters. The SMILES string of the molecule is CCOc1cc(C)c(C(O)CNC)cc1C. The number of nitrogens with one attached hydrogen (secondary N) is 1. The lowest BCUT2D eigenvalue weighted by molar-refractivity contribution is 0.177. The van der Waals surface area contributed by atoms with Gasteiger partial charge in [-0.3, -0.25) is 0 Å². The molecule has 0 aliphatic carbocycles. The van der Waals surface area contributed by atoms with Crippen LogP contribution in [0.15, 0.2) is 12.1 Å². The standard InChI is InChI=1S/C13H21NO2/c1-5-16-13-7-9(2)11(6-10(13)3)12(15)8-14-4/h6-7,12,14-15H,5,8H2,1-4H3. The fourth-order valence-corrected chi connectivity index (χ4v) is 1.79. The van der Waals surface area contributed by atoms with Gasteiger partial charge in [-0.15, -0.1) is 0 Å². The van der Waals surface area contributed by atoms with E-state index in [0.29, 0.717) is 13.2 Å². The van der Waals surface area contributed by atoms with Crippen LogP contribution in [-0.4, -0.2) is 25.3 Å². The topological polar surface area (TPSA) is 41.5 Å². The van der Waals surface area contributed by atoms with Gasteiger partial charge in [0.1, 0.15) is 5.75 Å². The van der Waals surface area contributed by atoms with E-state index in [1.54, 1.807) is 0 Å². The minimum absolute atomic E-state index is 0.459. The first-order valence-electron chi connectivity index (χ1n) is 5.66. The lowest BCUT2D eigenvalue weighted by atomic mass is 10.00. The molecular weight excluding hydrogens is 202 g/mol. The highest BCUT2D eigenvalue weighted by atomic mass is 16.5. The molecule has 1 aromatic rings. The molecule has 1 rings (SSSR count). The van der Waals surface area contributed by atoms with E-state index >= 15 is 0 Å². The molecular formula is C13H21NO2. The second-order valence-electron chi connectivity index (χ2n) is 3.98. The van der Waals surface area contributed by atoms with Crippen LogP contribution in [0.25, 0.3) is 0 Å². The quantitative estimate of drug-likeness (QED) is 0.801. The Kier molecular flexibility index (Phi) is 4.77. The fraction of sp³-hybridized carbons (Fsp3) is 0.538. The van der Waals surface area contributed by atoms with Crippen LogP contribution >= 0.6 is 0 Å². The molecule has 0 spiro atoms. The lowest BCUT2D eigenvalue weighted by Crippen LogP contribution is -2.17. The average molecular weight is 223 g/mol. The van der Waals surface area contributed by atoms with Crippen molar-refractivity contribution in [1.29, 1.82) is 0 Å². The molecule has 3 heteroatoms. The highest BCUT2D eigenvalue weighted by Crippen LogP contribution is 2.26. The van der Waals surface area contributed by atoms with E-state index < -0.39 is 6.10 Å². The van der Waals surface area contributed by atoms with Crippen molar-refractivity contribution >= 4 is 0 Å². The third-order valence-corrected chi connectivity index (χ3v) is 2.62. The Hall–Kier alpha value is -1.06. The molecule has 0 aromatic heterocycles. The number of aryl methyl sites for hydroxylation is 2. The third-order valence-electron chi connectivity index (χ3n) is 2.62. The van der Waals surface area contributed by atoms with E-state index in [1.165, 1.54) is 0 Å². The van der Waals surface area contributed by atoms with Crippen molar-refractivity contribution in [3.8, 4) is 5.75 Å². The van der Waals surface area contributed by atoms with Crippen LogP contribution in [0.2, 0.25) is 0 Å². The first-order chi connectivity index (χ1) is 7.60. The maximum atomic E-state index is 9.94. The van der Waals surface area contributed by atoms with Gasteiger partial charge >= 0.3 is 0 Å². The largest absolute Gasteiger partial charge is 0.494 e. The van der Waals surface area contributed by atoms with Gasteiger partial charge in [-0.25, -0.2) is 0 Å². The predicted molar refractivity (Wildman–Crippen MR) is 66.0 cm³/mol. The average Bonchev–Trinajstić information content (AvgIpc) is 2.23. The van der Waals surface area contributed by atoms with Gasteiger partial charge in [0.15, 0.2) is 0 Å². The van der Waals surface area contributed by atoms with E-state index in [-0.39, 0.29) is 0 Å². The molecule has 1 aromatic carbocycles. The molecule has 3 nitrogen and oxygen atoms in total. The molecule has 0 bridgehead atoms. The van der Waals surface area contributed by atoms with Crippen LogP contribution in [0, 0.1) is 13.8 Å². The summed E-state index contributed by atoms with van der Waals surface area (Å²) >= 11 is 0. The number of hydrogen-bond acceptors (Lipinski definition) is 3. The Morgan fingerprint density at radius 3 is 2.56 bits per heavy atom. The van der Waals surface area contributed by atoms with Crippen molar-refractivity contribution in [2.24, 2.45) is 0 Å². The van der Waals surface area contributed by atoms with Crippen LogP contribution in [0.1, 0.15) is 29.7 Å². The van der Waals surface area contributed by atoms with Crippen molar-refractivity contribution < 1.29 is 9.84 Å². The normalized spacial score (nSPS) is 12.6. The molecule has 90 valence electrons. The maximum absolute atomic E-state index is 9.94. The number of likely N-dealkylation sites (N-methyl/N-ethyl adjacent to an activating group) is 1. The Morgan fingerprint density at radius 2 is 2.00 bits per heavy atom. The summed E-state index contributed by atoms with van der Waals surface area (Å²) in [5.41, 5.74) is 3.10. The summed E-state index contributed by atoms with van der Waals surface area (Å²) in [6.07, 6.45) is -0.459. The van der Waals surface area contributed by atoms with Gasteiger partial charge in [0.25, 0.3) is 0 Å². The Morgan fingerprint density at radius 1 is 1.31 bits per heavy atom. The van der Waals surface area contributed by atoms with Gasteiger partial charge in [0, 0.05) is 6.54 Å². The summed E-state index contributed by atoms with van der Waals surface area (Å²) in [6.45, 7) is 7.20. The number of hydrogen-bond donors (Lipinski definition) is 2. The van der Waals surface area contributed by atoms with Crippen LogP contribution in [-0.2, 0) is 0 Å². The first-order valence-corrected chi connectivity index (χ1v) is 5.66. The minimum Gasteiger partial charge on any atom is -0.494 e. The van der Waals surface area contributed by atoms with Crippen LogP contribution in [0.3, 0.4) is 0 Å². The number of ether oxygens (including phenoxy) is 1. The Balaban J connectivity index is 3.00. The van der Waals surface area contributed by atoms with Crippen molar-refractivity contribution in [3.63, 3.8) is 0 Å². The number of aliphatic hydroxyl groups is 1. The summed E-state index contributed by atoms with van der Waals surface area (Å²) in [4.78, 5) is 0. The molecule has 0 saturated heterocycles. The zero-order valence-electron chi connectivity index (χ0n) is 10.5. The number of aliphatic hydroxyl groups excluding tert-OH is 1. The summed E-state index contributed by atoms with van der Waals surface area (Å²) in [6, 6.07) is 4.00. The molecule has 16 heavy (non-hydrogen) atoms. The highest BCUT2D eigenvalue weighted by molar-refractivity contribution is 5.42. The molecule has 0 aliphatic rings. The van der Waals surface area contributed by atoms with Gasteiger partial charge in [0.2, 0.25) is 0 Å². The van der Waals surface area contributed by atoms with Crippen molar-refractivity contribution in [2.45, 2.75) is 26.9 Å². The van der Waals surface area contributed by atoms with E-state index in [9.17, 15) is 5.11 Å². The summed E-state index contributed by atoms with van der Waals surface area (Å²) in [5, 5.41) is 12.9. The molecule has 0 amide bonds. The first kappa shape index (κ1) is 13.0. The summed E-state index contributed by atoms with van der Waals surface area (Å²) in [5.74, 6) is 0.903. The maximum Gasteiger partial charge on any atom is 0.122 e. The Labute approximate surface area is 97.4 Å². The van der Waals surface area contributed by atoms with E-state index in [0.717, 1.165) is 22.4 Å². The van der Waals surface area contributed by atoms with Gasteiger partial charge in [-0.05, 0) is 56.6 Å². The molecule has 0 radical (unpaired) electrons. The monoisotopic (exact) mass is 223 g/mol. The van der Waals surface area contributed by atoms with Crippen molar-refractivity contribution in [1.82, 2.24) is 5.32 Å².